The summed E-state index contributed by atoms with van der Waals surface area (Å²) in [5, 5.41) is 0.960. The Morgan fingerprint density at radius 3 is 1.70 bits per heavy atom. The standard InChI is InChI=1S/C23H13F6N/c24-22(25,26)18-11-17(12-19(13-18)23(27,28)29)14-5-7-16(8-6-14)21-10-9-15-3-1-2-4-20(15)30-21/h1-13H. The molecule has 30 heavy (non-hydrogen) atoms. The molecule has 0 amide bonds. The first-order chi connectivity index (χ1) is 14.1. The second-order valence-electron chi connectivity index (χ2n) is 6.76. The quantitative estimate of drug-likeness (QED) is 0.306. The topological polar surface area (TPSA) is 12.9 Å². The monoisotopic (exact) mass is 417 g/mol. The molecule has 3 aromatic carbocycles. The first-order valence-corrected chi connectivity index (χ1v) is 8.87. The molecule has 4 rings (SSSR count). The minimum atomic E-state index is -4.88. The number of fused-ring (bicyclic) bond motifs is 1. The molecule has 0 radical (unpaired) electrons. The Morgan fingerprint density at radius 2 is 1.10 bits per heavy atom. The molecule has 0 saturated heterocycles. The third-order valence-corrected chi connectivity index (χ3v) is 4.70. The zero-order chi connectivity index (χ0) is 21.5. The average Bonchev–Trinajstić information content (AvgIpc) is 2.72. The van der Waals surface area contributed by atoms with Crippen LogP contribution in [0.4, 0.5) is 26.3 Å². The summed E-state index contributed by atoms with van der Waals surface area (Å²) in [6.45, 7) is 0. The zero-order valence-electron chi connectivity index (χ0n) is 15.2. The number of benzene rings is 3. The van der Waals surface area contributed by atoms with Crippen LogP contribution < -0.4 is 0 Å². The van der Waals surface area contributed by atoms with Crippen molar-refractivity contribution < 1.29 is 26.3 Å². The Kier molecular flexibility index (Phi) is 4.76. The van der Waals surface area contributed by atoms with Crippen molar-refractivity contribution in [3.63, 3.8) is 0 Å². The molecule has 7 heteroatoms. The molecule has 0 fully saturated rings. The summed E-state index contributed by atoms with van der Waals surface area (Å²) in [7, 11) is 0. The highest BCUT2D eigenvalue weighted by Gasteiger charge is 2.37. The van der Waals surface area contributed by atoms with Gasteiger partial charge >= 0.3 is 12.4 Å². The summed E-state index contributed by atoms with van der Waals surface area (Å²) in [5.74, 6) is 0. The lowest BCUT2D eigenvalue weighted by atomic mass is 9.97. The lowest BCUT2D eigenvalue weighted by Crippen LogP contribution is -2.11. The van der Waals surface area contributed by atoms with Gasteiger partial charge in [-0.2, -0.15) is 26.3 Å². The van der Waals surface area contributed by atoms with Crippen LogP contribution in [0.3, 0.4) is 0 Å². The van der Waals surface area contributed by atoms with E-state index in [4.69, 9.17) is 0 Å². The maximum Gasteiger partial charge on any atom is 0.416 e. The number of aromatic nitrogens is 1. The average molecular weight is 417 g/mol. The highest BCUT2D eigenvalue weighted by Crippen LogP contribution is 2.39. The van der Waals surface area contributed by atoms with E-state index in [9.17, 15) is 26.3 Å². The highest BCUT2D eigenvalue weighted by molar-refractivity contribution is 5.81. The Bertz CT molecular complexity index is 1170. The fourth-order valence-electron chi connectivity index (χ4n) is 3.18. The highest BCUT2D eigenvalue weighted by atomic mass is 19.4. The number of alkyl halides is 6. The maximum atomic E-state index is 13.1. The number of pyridine rings is 1. The van der Waals surface area contributed by atoms with E-state index in [1.165, 1.54) is 12.1 Å². The molecule has 1 aromatic heterocycles. The van der Waals surface area contributed by atoms with Crippen LogP contribution in [0.1, 0.15) is 11.1 Å². The van der Waals surface area contributed by atoms with Crippen LogP contribution in [0, 0.1) is 0 Å². The van der Waals surface area contributed by atoms with Gasteiger partial charge in [0.1, 0.15) is 0 Å². The summed E-state index contributed by atoms with van der Waals surface area (Å²) in [5.41, 5.74) is -0.453. The van der Waals surface area contributed by atoms with Crippen LogP contribution in [0.5, 0.6) is 0 Å². The lowest BCUT2D eigenvalue weighted by molar-refractivity contribution is -0.143. The third kappa shape index (κ3) is 4.01. The van der Waals surface area contributed by atoms with Gasteiger partial charge in [0.25, 0.3) is 0 Å². The first kappa shape index (κ1) is 19.9. The smallest absolute Gasteiger partial charge is 0.248 e. The summed E-state index contributed by atoms with van der Waals surface area (Å²) < 4.78 is 78.5. The number of hydrogen-bond acceptors (Lipinski definition) is 1. The predicted molar refractivity (Wildman–Crippen MR) is 103 cm³/mol. The molecule has 152 valence electrons. The molecule has 0 unspecified atom stereocenters. The van der Waals surface area contributed by atoms with Crippen molar-refractivity contribution in [2.75, 3.05) is 0 Å². The minimum absolute atomic E-state index is 0.122. The van der Waals surface area contributed by atoms with Crippen LogP contribution in [0.15, 0.2) is 78.9 Å². The van der Waals surface area contributed by atoms with Gasteiger partial charge in [-0.3, -0.25) is 0 Å². The molecule has 0 bridgehead atoms. The lowest BCUT2D eigenvalue weighted by Gasteiger charge is -2.14. The summed E-state index contributed by atoms with van der Waals surface area (Å²) in [6, 6.07) is 19.0. The molecule has 0 aliphatic heterocycles. The van der Waals surface area contributed by atoms with Gasteiger partial charge in [-0.1, -0.05) is 48.5 Å². The SMILES string of the molecule is FC(F)(F)c1cc(-c2ccc(-c3ccc4ccccc4n3)cc2)cc(C(F)(F)F)c1. The van der Waals surface area contributed by atoms with Gasteiger partial charge in [0.05, 0.1) is 22.3 Å². The molecule has 0 N–H and O–H groups in total. The van der Waals surface area contributed by atoms with Gasteiger partial charge in [0.2, 0.25) is 0 Å². The van der Waals surface area contributed by atoms with Crippen molar-refractivity contribution in [1.82, 2.24) is 4.98 Å². The van der Waals surface area contributed by atoms with Crippen LogP contribution in [-0.4, -0.2) is 4.98 Å². The molecule has 4 aromatic rings. The van der Waals surface area contributed by atoms with Gasteiger partial charge in [-0.05, 0) is 41.5 Å². The van der Waals surface area contributed by atoms with Crippen molar-refractivity contribution in [2.24, 2.45) is 0 Å². The van der Waals surface area contributed by atoms with Crippen LogP contribution in [0.2, 0.25) is 0 Å². The first-order valence-electron chi connectivity index (χ1n) is 8.87. The Labute approximate surface area is 167 Å². The van der Waals surface area contributed by atoms with E-state index in [1.807, 2.05) is 36.4 Å². The van der Waals surface area contributed by atoms with Crippen molar-refractivity contribution in [3.8, 4) is 22.4 Å². The second-order valence-corrected chi connectivity index (χ2v) is 6.76. The number of halogens is 6. The number of rotatable bonds is 2. The largest absolute Gasteiger partial charge is 0.416 e. The van der Waals surface area contributed by atoms with Crippen LogP contribution in [-0.2, 0) is 12.4 Å². The van der Waals surface area contributed by atoms with Crippen LogP contribution in [0.25, 0.3) is 33.3 Å². The Morgan fingerprint density at radius 1 is 0.533 bits per heavy atom. The third-order valence-electron chi connectivity index (χ3n) is 4.70. The van der Waals surface area contributed by atoms with E-state index in [1.54, 1.807) is 12.1 Å². The van der Waals surface area contributed by atoms with Gasteiger partial charge in [0.15, 0.2) is 0 Å². The normalized spacial score (nSPS) is 12.3. The number of nitrogens with zero attached hydrogens (tertiary/aromatic N) is 1. The maximum absolute atomic E-state index is 13.1. The van der Waals surface area contributed by atoms with Crippen LogP contribution >= 0.6 is 0 Å². The van der Waals surface area contributed by atoms with E-state index in [2.05, 4.69) is 4.98 Å². The summed E-state index contributed by atoms with van der Waals surface area (Å²) in [4.78, 5) is 4.54. The van der Waals surface area contributed by atoms with E-state index in [0.29, 0.717) is 11.3 Å². The number of hydrogen-bond donors (Lipinski definition) is 0. The van der Waals surface area contributed by atoms with Crippen molar-refractivity contribution >= 4 is 10.9 Å². The molecule has 0 saturated carbocycles. The molecule has 1 heterocycles. The van der Waals surface area contributed by atoms with E-state index >= 15 is 0 Å². The second kappa shape index (κ2) is 7.16. The fourth-order valence-corrected chi connectivity index (χ4v) is 3.18. The molecule has 0 aliphatic carbocycles. The van der Waals surface area contributed by atoms with E-state index < -0.39 is 23.5 Å². The minimum Gasteiger partial charge on any atom is -0.248 e. The molecular weight excluding hydrogens is 404 g/mol. The number of para-hydroxylation sites is 1. The Hall–Kier alpha value is -3.35. The van der Waals surface area contributed by atoms with Gasteiger partial charge in [-0.25, -0.2) is 4.98 Å². The summed E-state index contributed by atoms with van der Waals surface area (Å²) in [6.07, 6.45) is -9.77. The molecule has 0 aliphatic rings. The van der Waals surface area contributed by atoms with Crippen molar-refractivity contribution in [2.45, 2.75) is 12.4 Å². The molecule has 1 nitrogen and oxygen atoms in total. The van der Waals surface area contributed by atoms with E-state index in [-0.39, 0.29) is 17.2 Å². The molecule has 0 atom stereocenters. The van der Waals surface area contributed by atoms with Crippen molar-refractivity contribution in [1.29, 1.82) is 0 Å². The summed E-state index contributed by atoms with van der Waals surface area (Å²) >= 11 is 0. The molecule has 0 spiro atoms. The predicted octanol–water partition coefficient (Wildman–Crippen LogP) is 7.61. The fraction of sp³-hybridized carbons (Fsp3) is 0.0870. The molecular formula is C23H13F6N. The van der Waals surface area contributed by atoms with Crippen molar-refractivity contribution in [3.05, 3.63) is 90.0 Å². The van der Waals surface area contributed by atoms with E-state index in [0.717, 1.165) is 23.0 Å². The van der Waals surface area contributed by atoms with Gasteiger partial charge in [-0.15, -0.1) is 0 Å². The van der Waals surface area contributed by atoms with Gasteiger partial charge in [0, 0.05) is 10.9 Å². The van der Waals surface area contributed by atoms with Gasteiger partial charge < -0.3 is 0 Å². The Balaban J connectivity index is 1.74. The zero-order valence-corrected chi connectivity index (χ0v) is 15.2.